The van der Waals surface area contributed by atoms with Crippen LogP contribution in [0, 0.1) is 0 Å². The summed E-state index contributed by atoms with van der Waals surface area (Å²) in [7, 11) is 0. The SMILES string of the molecule is CC(CCNC(=O)NC[C@H](O)C(=O)O)c1ccccc1. The van der Waals surface area contributed by atoms with Gasteiger partial charge in [0.25, 0.3) is 0 Å². The molecule has 0 aliphatic rings. The van der Waals surface area contributed by atoms with Crippen molar-refractivity contribution in [3.05, 3.63) is 35.9 Å². The molecule has 0 aliphatic heterocycles. The van der Waals surface area contributed by atoms with Crippen LogP contribution in [-0.4, -0.2) is 41.4 Å². The monoisotopic (exact) mass is 280 g/mol. The molecule has 4 N–H and O–H groups in total. The lowest BCUT2D eigenvalue weighted by atomic mass is 9.98. The summed E-state index contributed by atoms with van der Waals surface area (Å²) >= 11 is 0. The Balaban J connectivity index is 2.20. The summed E-state index contributed by atoms with van der Waals surface area (Å²) < 4.78 is 0. The minimum absolute atomic E-state index is 0.310. The van der Waals surface area contributed by atoms with Crippen molar-refractivity contribution in [2.75, 3.05) is 13.1 Å². The van der Waals surface area contributed by atoms with Gasteiger partial charge in [0.1, 0.15) is 0 Å². The molecule has 2 atom stereocenters. The molecule has 1 aromatic carbocycles. The molecule has 0 heterocycles. The molecule has 0 radical (unpaired) electrons. The Morgan fingerprint density at radius 2 is 1.85 bits per heavy atom. The molecule has 6 nitrogen and oxygen atoms in total. The number of aliphatic hydroxyl groups excluding tert-OH is 1. The van der Waals surface area contributed by atoms with Gasteiger partial charge >= 0.3 is 12.0 Å². The van der Waals surface area contributed by atoms with E-state index in [1.54, 1.807) is 0 Å². The summed E-state index contributed by atoms with van der Waals surface area (Å²) in [4.78, 5) is 21.7. The molecule has 1 aromatic rings. The largest absolute Gasteiger partial charge is 0.479 e. The van der Waals surface area contributed by atoms with Gasteiger partial charge in [-0.3, -0.25) is 0 Å². The Bertz CT molecular complexity index is 436. The highest BCUT2D eigenvalue weighted by molar-refractivity contribution is 5.76. The van der Waals surface area contributed by atoms with Gasteiger partial charge in [-0.15, -0.1) is 0 Å². The van der Waals surface area contributed by atoms with Crippen LogP contribution in [0.15, 0.2) is 30.3 Å². The Morgan fingerprint density at radius 1 is 1.20 bits per heavy atom. The Morgan fingerprint density at radius 3 is 2.45 bits per heavy atom. The average Bonchev–Trinajstić information content (AvgIpc) is 2.45. The van der Waals surface area contributed by atoms with Crippen molar-refractivity contribution >= 4 is 12.0 Å². The maximum atomic E-state index is 11.4. The summed E-state index contributed by atoms with van der Waals surface area (Å²) in [6.07, 6.45) is -0.803. The first kappa shape index (κ1) is 16.0. The number of hydrogen-bond acceptors (Lipinski definition) is 3. The number of amides is 2. The molecule has 1 unspecified atom stereocenters. The molecule has 0 saturated heterocycles. The first-order valence-electron chi connectivity index (χ1n) is 6.48. The number of hydrogen-bond donors (Lipinski definition) is 4. The molecular weight excluding hydrogens is 260 g/mol. The molecule has 2 amide bonds. The molecule has 0 fully saturated rings. The highest BCUT2D eigenvalue weighted by Crippen LogP contribution is 2.17. The van der Waals surface area contributed by atoms with E-state index in [9.17, 15) is 9.59 Å². The van der Waals surface area contributed by atoms with Crippen LogP contribution in [0.5, 0.6) is 0 Å². The number of rotatable bonds is 7. The number of carbonyl (C=O) groups is 2. The van der Waals surface area contributed by atoms with Crippen molar-refractivity contribution in [3.8, 4) is 0 Å². The van der Waals surface area contributed by atoms with Gasteiger partial charge in [-0.25, -0.2) is 9.59 Å². The van der Waals surface area contributed by atoms with Crippen molar-refractivity contribution in [3.63, 3.8) is 0 Å². The van der Waals surface area contributed by atoms with Crippen molar-refractivity contribution in [1.29, 1.82) is 0 Å². The Kier molecular flexibility index (Phi) is 6.52. The van der Waals surface area contributed by atoms with Gasteiger partial charge in [0.2, 0.25) is 0 Å². The van der Waals surface area contributed by atoms with Crippen LogP contribution in [0.1, 0.15) is 24.8 Å². The molecule has 0 spiro atoms. The maximum Gasteiger partial charge on any atom is 0.334 e. The summed E-state index contributed by atoms with van der Waals surface area (Å²) in [6.45, 7) is 2.24. The highest BCUT2D eigenvalue weighted by Gasteiger charge is 2.13. The predicted molar refractivity (Wildman–Crippen MR) is 74.5 cm³/mol. The van der Waals surface area contributed by atoms with Crippen molar-refractivity contribution in [2.45, 2.75) is 25.4 Å². The summed E-state index contributed by atoms with van der Waals surface area (Å²) in [5, 5.41) is 22.4. The van der Waals surface area contributed by atoms with Gasteiger partial charge < -0.3 is 20.8 Å². The van der Waals surface area contributed by atoms with Gasteiger partial charge in [0, 0.05) is 6.54 Å². The van der Waals surface area contributed by atoms with Crippen LogP contribution >= 0.6 is 0 Å². The maximum absolute atomic E-state index is 11.4. The molecule has 1 rings (SSSR count). The third-order valence-corrected chi connectivity index (χ3v) is 2.97. The molecule has 0 saturated carbocycles. The fraction of sp³-hybridized carbons (Fsp3) is 0.429. The van der Waals surface area contributed by atoms with Gasteiger partial charge in [-0.2, -0.15) is 0 Å². The minimum Gasteiger partial charge on any atom is -0.479 e. The number of nitrogens with one attached hydrogen (secondary N) is 2. The molecule has 20 heavy (non-hydrogen) atoms. The van der Waals surface area contributed by atoms with E-state index in [1.807, 2.05) is 30.3 Å². The molecule has 6 heteroatoms. The molecule has 0 aromatic heterocycles. The lowest BCUT2D eigenvalue weighted by Crippen LogP contribution is -2.42. The standard InChI is InChI=1S/C14H20N2O4/c1-10(11-5-3-2-4-6-11)7-8-15-14(20)16-9-12(17)13(18)19/h2-6,10,12,17H,7-9H2,1H3,(H,18,19)(H2,15,16,20)/t10?,12-/m0/s1. The second-order valence-corrected chi connectivity index (χ2v) is 4.59. The van der Waals surface area contributed by atoms with E-state index < -0.39 is 18.1 Å². The van der Waals surface area contributed by atoms with E-state index in [0.29, 0.717) is 12.5 Å². The van der Waals surface area contributed by atoms with Crippen LogP contribution in [0.3, 0.4) is 0 Å². The van der Waals surface area contributed by atoms with Crippen molar-refractivity contribution in [2.24, 2.45) is 0 Å². The van der Waals surface area contributed by atoms with Gasteiger partial charge in [0.05, 0.1) is 6.54 Å². The van der Waals surface area contributed by atoms with Crippen LogP contribution < -0.4 is 10.6 Å². The van der Waals surface area contributed by atoms with Crippen LogP contribution in [0.25, 0.3) is 0 Å². The van der Waals surface area contributed by atoms with Crippen LogP contribution in [0.4, 0.5) is 4.79 Å². The van der Waals surface area contributed by atoms with E-state index in [1.165, 1.54) is 5.56 Å². The second-order valence-electron chi connectivity index (χ2n) is 4.59. The summed E-state index contributed by atoms with van der Waals surface area (Å²) in [5.74, 6) is -1.04. The van der Waals surface area contributed by atoms with E-state index in [0.717, 1.165) is 6.42 Å². The van der Waals surface area contributed by atoms with Crippen LogP contribution in [0.2, 0.25) is 0 Å². The summed E-state index contributed by atoms with van der Waals surface area (Å²) in [5.41, 5.74) is 1.20. The zero-order valence-electron chi connectivity index (χ0n) is 11.4. The molecular formula is C14H20N2O4. The zero-order valence-corrected chi connectivity index (χ0v) is 11.4. The minimum atomic E-state index is -1.58. The lowest BCUT2D eigenvalue weighted by molar-refractivity contribution is -0.146. The second kappa shape index (κ2) is 8.16. The average molecular weight is 280 g/mol. The molecule has 110 valence electrons. The first-order chi connectivity index (χ1) is 9.50. The highest BCUT2D eigenvalue weighted by atomic mass is 16.4. The smallest absolute Gasteiger partial charge is 0.334 e. The Labute approximate surface area is 117 Å². The normalized spacial score (nSPS) is 13.3. The number of benzene rings is 1. The number of urea groups is 1. The molecule has 0 bridgehead atoms. The quantitative estimate of drug-likeness (QED) is 0.597. The van der Waals surface area contributed by atoms with E-state index in [2.05, 4.69) is 17.6 Å². The predicted octanol–water partition coefficient (Wildman–Crippen LogP) is 0.925. The lowest BCUT2D eigenvalue weighted by Gasteiger charge is -2.13. The third-order valence-electron chi connectivity index (χ3n) is 2.97. The number of aliphatic hydroxyl groups is 1. The number of carbonyl (C=O) groups excluding carboxylic acids is 1. The topological polar surface area (TPSA) is 98.7 Å². The number of carboxylic acids is 1. The fourth-order valence-corrected chi connectivity index (χ4v) is 1.69. The fourth-order valence-electron chi connectivity index (χ4n) is 1.69. The molecule has 0 aliphatic carbocycles. The van der Waals surface area contributed by atoms with Gasteiger partial charge in [-0.1, -0.05) is 37.3 Å². The van der Waals surface area contributed by atoms with E-state index in [4.69, 9.17) is 10.2 Å². The van der Waals surface area contributed by atoms with E-state index >= 15 is 0 Å². The van der Waals surface area contributed by atoms with Crippen LogP contribution in [-0.2, 0) is 4.79 Å². The van der Waals surface area contributed by atoms with Crippen molar-refractivity contribution in [1.82, 2.24) is 10.6 Å². The summed E-state index contributed by atoms with van der Waals surface area (Å²) in [6, 6.07) is 9.49. The van der Waals surface area contributed by atoms with Gasteiger partial charge in [0.15, 0.2) is 6.10 Å². The first-order valence-corrected chi connectivity index (χ1v) is 6.48. The van der Waals surface area contributed by atoms with Gasteiger partial charge in [-0.05, 0) is 17.9 Å². The van der Waals surface area contributed by atoms with E-state index in [-0.39, 0.29) is 6.54 Å². The Hall–Kier alpha value is -2.08. The third kappa shape index (κ3) is 5.71. The number of carboxylic acid groups (broad SMARTS) is 1. The van der Waals surface area contributed by atoms with Crippen molar-refractivity contribution < 1.29 is 19.8 Å². The zero-order chi connectivity index (χ0) is 15.0. The number of aliphatic carboxylic acids is 1.